The van der Waals surface area contributed by atoms with Gasteiger partial charge in [0.2, 0.25) is 0 Å². The van der Waals surface area contributed by atoms with Crippen molar-refractivity contribution in [3.63, 3.8) is 0 Å². The Kier molecular flexibility index (Phi) is 5.59. The van der Waals surface area contributed by atoms with Crippen LogP contribution < -0.4 is 5.32 Å². The van der Waals surface area contributed by atoms with Crippen LogP contribution in [-0.4, -0.2) is 47.4 Å². The van der Waals surface area contributed by atoms with Crippen molar-refractivity contribution in [3.05, 3.63) is 35.6 Å². The van der Waals surface area contributed by atoms with Gasteiger partial charge in [-0.25, -0.2) is 9.18 Å². The van der Waals surface area contributed by atoms with E-state index < -0.39 is 17.5 Å². The Morgan fingerprint density at radius 3 is 2.83 bits per heavy atom. The molecule has 1 heterocycles. The molecule has 1 saturated heterocycles. The molecular weight excluding hydrogens is 299 g/mol. The topological polar surface area (TPSA) is 61.8 Å². The van der Waals surface area contributed by atoms with Crippen LogP contribution in [0.1, 0.15) is 38.9 Å². The van der Waals surface area contributed by atoms with E-state index in [2.05, 4.69) is 5.32 Å². The van der Waals surface area contributed by atoms with E-state index in [-0.39, 0.29) is 24.2 Å². The number of nitrogens with one attached hydrogen (secondary N) is 1. The fourth-order valence-electron chi connectivity index (χ4n) is 2.55. The van der Waals surface area contributed by atoms with E-state index in [9.17, 15) is 14.3 Å². The fraction of sp³-hybridized carbons (Fsp3) is 0.588. The number of carbonyl (C=O) groups excluding carboxylic acids is 1. The maximum Gasteiger partial charge on any atom is 0.410 e. The van der Waals surface area contributed by atoms with E-state index in [0.29, 0.717) is 13.1 Å². The van der Waals surface area contributed by atoms with E-state index >= 15 is 0 Å². The summed E-state index contributed by atoms with van der Waals surface area (Å²) in [5.74, 6) is -0.413. The van der Waals surface area contributed by atoms with Crippen molar-refractivity contribution in [2.75, 3.05) is 19.6 Å². The third-order valence-electron chi connectivity index (χ3n) is 3.70. The minimum Gasteiger partial charge on any atom is -0.444 e. The second-order valence-corrected chi connectivity index (χ2v) is 6.86. The van der Waals surface area contributed by atoms with Crippen LogP contribution in [0.25, 0.3) is 0 Å². The zero-order chi connectivity index (χ0) is 17.0. The first-order valence-electron chi connectivity index (χ1n) is 7.90. The van der Waals surface area contributed by atoms with Gasteiger partial charge in [0.25, 0.3) is 0 Å². The van der Waals surface area contributed by atoms with Crippen LogP contribution in [0.3, 0.4) is 0 Å². The van der Waals surface area contributed by atoms with Gasteiger partial charge in [-0.1, -0.05) is 18.2 Å². The second kappa shape index (κ2) is 7.27. The van der Waals surface area contributed by atoms with Crippen molar-refractivity contribution >= 4 is 6.09 Å². The lowest BCUT2D eigenvalue weighted by atomic mass is 10.1. The number of hydrogen-bond donors (Lipinski definition) is 2. The van der Waals surface area contributed by atoms with Crippen molar-refractivity contribution in [1.29, 1.82) is 0 Å². The first kappa shape index (κ1) is 17.7. The summed E-state index contributed by atoms with van der Waals surface area (Å²) in [5.41, 5.74) is -0.231. The minimum absolute atomic E-state index is 0.0731. The molecule has 0 bridgehead atoms. The van der Waals surface area contributed by atoms with E-state index in [0.717, 1.165) is 6.42 Å². The maximum absolute atomic E-state index is 13.6. The first-order chi connectivity index (χ1) is 10.8. The maximum atomic E-state index is 13.6. The number of likely N-dealkylation sites (tertiary alicyclic amines) is 1. The SMILES string of the molecule is CC(C)(C)OC(=O)N1CCC(NCC(O)c2ccccc2F)C1. The van der Waals surface area contributed by atoms with Gasteiger partial charge in [0.1, 0.15) is 11.4 Å². The Morgan fingerprint density at radius 2 is 2.17 bits per heavy atom. The van der Waals surface area contributed by atoms with E-state index in [4.69, 9.17) is 4.74 Å². The van der Waals surface area contributed by atoms with Gasteiger partial charge in [-0.15, -0.1) is 0 Å². The lowest BCUT2D eigenvalue weighted by Crippen LogP contribution is -2.39. The van der Waals surface area contributed by atoms with Crippen LogP contribution >= 0.6 is 0 Å². The molecule has 1 fully saturated rings. The molecule has 2 rings (SSSR count). The smallest absolute Gasteiger partial charge is 0.410 e. The lowest BCUT2D eigenvalue weighted by molar-refractivity contribution is 0.0290. The van der Waals surface area contributed by atoms with Crippen LogP contribution in [0, 0.1) is 5.82 Å². The molecule has 5 nitrogen and oxygen atoms in total. The highest BCUT2D eigenvalue weighted by molar-refractivity contribution is 5.68. The average Bonchev–Trinajstić information content (AvgIpc) is 2.92. The lowest BCUT2D eigenvalue weighted by Gasteiger charge is -2.24. The Morgan fingerprint density at radius 1 is 1.48 bits per heavy atom. The number of ether oxygens (including phenoxy) is 1. The summed E-state index contributed by atoms with van der Waals surface area (Å²) in [5, 5.41) is 13.3. The van der Waals surface area contributed by atoms with Crippen molar-refractivity contribution < 1.29 is 19.0 Å². The van der Waals surface area contributed by atoms with E-state index in [1.807, 2.05) is 20.8 Å². The number of hydrogen-bond acceptors (Lipinski definition) is 4. The molecule has 2 N–H and O–H groups in total. The van der Waals surface area contributed by atoms with Gasteiger partial charge in [0.05, 0.1) is 6.10 Å². The third kappa shape index (κ3) is 5.18. The zero-order valence-corrected chi connectivity index (χ0v) is 13.9. The van der Waals surface area contributed by atoms with E-state index in [1.54, 1.807) is 23.1 Å². The molecule has 2 unspecified atom stereocenters. The van der Waals surface area contributed by atoms with Gasteiger partial charge < -0.3 is 20.1 Å². The summed E-state index contributed by atoms with van der Waals surface area (Å²) in [4.78, 5) is 13.6. The number of nitrogens with zero attached hydrogens (tertiary/aromatic N) is 1. The van der Waals surface area contributed by atoms with Gasteiger partial charge in [-0.05, 0) is 33.3 Å². The number of amides is 1. The van der Waals surface area contributed by atoms with Crippen LogP contribution in [0.4, 0.5) is 9.18 Å². The standard InChI is InChI=1S/C17H25FN2O3/c1-17(2,3)23-16(22)20-9-8-12(11-20)19-10-15(21)13-6-4-5-7-14(13)18/h4-7,12,15,19,21H,8-11H2,1-3H3. The largest absolute Gasteiger partial charge is 0.444 e. The Labute approximate surface area is 136 Å². The van der Waals surface area contributed by atoms with Crippen LogP contribution in [0.15, 0.2) is 24.3 Å². The quantitative estimate of drug-likeness (QED) is 0.893. The number of aliphatic hydroxyl groups excluding tert-OH is 1. The minimum atomic E-state index is -0.910. The predicted molar refractivity (Wildman–Crippen MR) is 85.6 cm³/mol. The van der Waals surface area contributed by atoms with Gasteiger partial charge in [0, 0.05) is 31.2 Å². The molecule has 128 valence electrons. The summed E-state index contributed by atoms with van der Waals surface area (Å²) in [6.45, 7) is 6.89. The number of rotatable bonds is 4. The second-order valence-electron chi connectivity index (χ2n) is 6.86. The number of aliphatic hydroxyl groups is 1. The Balaban J connectivity index is 1.80. The number of halogens is 1. The molecule has 1 aliphatic heterocycles. The summed E-state index contributed by atoms with van der Waals surface area (Å²) in [6.07, 6.45) is -0.452. The first-order valence-corrected chi connectivity index (χ1v) is 7.90. The molecule has 2 atom stereocenters. The normalized spacial score (nSPS) is 19.7. The third-order valence-corrected chi connectivity index (χ3v) is 3.70. The predicted octanol–water partition coefficient (Wildman–Crippen LogP) is 2.46. The van der Waals surface area contributed by atoms with E-state index in [1.165, 1.54) is 6.07 Å². The summed E-state index contributed by atoms with van der Waals surface area (Å²) >= 11 is 0. The van der Waals surface area contributed by atoms with Gasteiger partial charge in [-0.2, -0.15) is 0 Å². The Hall–Kier alpha value is -1.66. The summed E-state index contributed by atoms with van der Waals surface area (Å²) in [7, 11) is 0. The molecule has 1 amide bonds. The van der Waals surface area contributed by atoms with Crippen LogP contribution in [0.5, 0.6) is 0 Å². The Bertz CT molecular complexity index is 545. The van der Waals surface area contributed by atoms with Crippen LogP contribution in [-0.2, 0) is 4.74 Å². The molecule has 0 spiro atoms. The highest BCUT2D eigenvalue weighted by Gasteiger charge is 2.29. The molecule has 0 aromatic heterocycles. The molecular formula is C17H25FN2O3. The summed E-state index contributed by atoms with van der Waals surface area (Å²) < 4.78 is 18.9. The van der Waals surface area contributed by atoms with Crippen molar-refractivity contribution in [1.82, 2.24) is 10.2 Å². The summed E-state index contributed by atoms with van der Waals surface area (Å²) in [6, 6.07) is 6.27. The molecule has 0 aliphatic carbocycles. The molecule has 1 aromatic rings. The van der Waals surface area contributed by atoms with Gasteiger partial charge in [-0.3, -0.25) is 0 Å². The van der Waals surface area contributed by atoms with Gasteiger partial charge in [0.15, 0.2) is 0 Å². The number of benzene rings is 1. The van der Waals surface area contributed by atoms with Crippen molar-refractivity contribution in [2.45, 2.75) is 44.9 Å². The molecule has 1 aliphatic rings. The van der Waals surface area contributed by atoms with Gasteiger partial charge >= 0.3 is 6.09 Å². The molecule has 23 heavy (non-hydrogen) atoms. The zero-order valence-electron chi connectivity index (χ0n) is 13.9. The van der Waals surface area contributed by atoms with Crippen LogP contribution in [0.2, 0.25) is 0 Å². The molecule has 0 saturated carbocycles. The fourth-order valence-corrected chi connectivity index (χ4v) is 2.55. The average molecular weight is 324 g/mol. The highest BCUT2D eigenvalue weighted by Crippen LogP contribution is 2.18. The number of carbonyl (C=O) groups is 1. The van der Waals surface area contributed by atoms with Crippen molar-refractivity contribution in [2.24, 2.45) is 0 Å². The van der Waals surface area contributed by atoms with Crippen molar-refractivity contribution in [3.8, 4) is 0 Å². The molecule has 0 radical (unpaired) electrons. The highest BCUT2D eigenvalue weighted by atomic mass is 19.1. The monoisotopic (exact) mass is 324 g/mol. The molecule has 6 heteroatoms. The molecule has 1 aromatic carbocycles.